The summed E-state index contributed by atoms with van der Waals surface area (Å²) in [7, 11) is 0. The molecule has 4 unspecified atom stereocenters. The molecule has 0 amide bonds. The predicted octanol–water partition coefficient (Wildman–Crippen LogP) is -0.0363. The van der Waals surface area contributed by atoms with Crippen molar-refractivity contribution in [1.29, 1.82) is 0 Å². The van der Waals surface area contributed by atoms with Gasteiger partial charge in [0.15, 0.2) is 0 Å². The Labute approximate surface area is 137 Å². The normalized spacial score (nSPS) is 25.7. The number of hydrogen-bond acceptors (Lipinski definition) is 6. The van der Waals surface area contributed by atoms with Gasteiger partial charge in [-0.1, -0.05) is 27.7 Å². The number of ether oxygens (including phenoxy) is 1. The molecule has 11 heteroatoms. The van der Waals surface area contributed by atoms with E-state index in [-0.39, 0.29) is 18.6 Å². The van der Waals surface area contributed by atoms with Crippen molar-refractivity contribution in [2.45, 2.75) is 30.9 Å². The number of nitrogens with one attached hydrogen (secondary N) is 1. The highest BCUT2D eigenvalue weighted by Crippen LogP contribution is 2.28. The van der Waals surface area contributed by atoms with Crippen molar-refractivity contribution in [3.05, 3.63) is 43.0 Å². The molecule has 0 spiro atoms. The highest BCUT2D eigenvalue weighted by Gasteiger charge is 2.35. The van der Waals surface area contributed by atoms with E-state index in [9.17, 15) is 14.7 Å². The third-order valence-electron chi connectivity index (χ3n) is 3.39. The van der Waals surface area contributed by atoms with Crippen molar-refractivity contribution >= 4 is 22.6 Å². The van der Waals surface area contributed by atoms with Crippen molar-refractivity contribution in [2.75, 3.05) is 11.0 Å². The van der Waals surface area contributed by atoms with E-state index < -0.39 is 35.7 Å². The first-order valence-corrected chi connectivity index (χ1v) is 7.94. The van der Waals surface area contributed by atoms with Crippen LogP contribution in [-0.4, -0.2) is 43.0 Å². The van der Waals surface area contributed by atoms with Crippen LogP contribution in [0.15, 0.2) is 20.9 Å². The van der Waals surface area contributed by atoms with Gasteiger partial charge in [0, 0.05) is 27.5 Å². The molecule has 1 aliphatic heterocycles. The van der Waals surface area contributed by atoms with Gasteiger partial charge in [-0.15, -0.1) is 0 Å². The molecule has 22 heavy (non-hydrogen) atoms. The van der Waals surface area contributed by atoms with Crippen LogP contribution in [0, 0.1) is 0 Å². The maximum atomic E-state index is 11.9. The van der Waals surface area contributed by atoms with Crippen molar-refractivity contribution in [1.82, 2.24) is 9.55 Å². The minimum Gasteiger partial charge on any atom is -0.394 e. The van der Waals surface area contributed by atoms with E-state index in [4.69, 9.17) is 15.4 Å². The average molecular weight is 423 g/mol. The zero-order valence-electron chi connectivity index (χ0n) is 11.3. The molecule has 0 bridgehead atoms. The van der Waals surface area contributed by atoms with Crippen LogP contribution >= 0.6 is 22.6 Å². The topological polar surface area (TPSA) is 153 Å². The Morgan fingerprint density at radius 1 is 1.64 bits per heavy atom. The monoisotopic (exact) mass is 423 g/mol. The van der Waals surface area contributed by atoms with Gasteiger partial charge < -0.3 is 14.9 Å². The molecule has 1 aliphatic rings. The van der Waals surface area contributed by atoms with Crippen molar-refractivity contribution in [3.63, 3.8) is 0 Å². The number of aliphatic hydroxyl groups is 2. The van der Waals surface area contributed by atoms with E-state index in [1.807, 2.05) is 22.6 Å². The Hall–Kier alpha value is -1.40. The van der Waals surface area contributed by atoms with Crippen molar-refractivity contribution in [3.8, 4) is 0 Å². The molecule has 1 aromatic heterocycles. The van der Waals surface area contributed by atoms with Crippen LogP contribution in [0.2, 0.25) is 0 Å². The molecule has 120 valence electrons. The molecule has 0 aliphatic carbocycles. The molecule has 1 fully saturated rings. The van der Waals surface area contributed by atoms with Gasteiger partial charge in [0.25, 0.3) is 5.56 Å². The summed E-state index contributed by atoms with van der Waals surface area (Å²) in [6.07, 6.45) is -1.13. The van der Waals surface area contributed by atoms with Gasteiger partial charge in [0.1, 0.15) is 12.3 Å². The summed E-state index contributed by atoms with van der Waals surface area (Å²) in [6.45, 7) is -0.377. The number of hydrogen-bond donors (Lipinski definition) is 3. The summed E-state index contributed by atoms with van der Waals surface area (Å²) in [5.41, 5.74) is 7.35. The lowest BCUT2D eigenvalue weighted by Crippen LogP contribution is -2.35. The molecule has 0 radical (unpaired) electrons. The van der Waals surface area contributed by atoms with Crippen LogP contribution in [0.3, 0.4) is 0 Å². The second kappa shape index (κ2) is 7.24. The number of aliphatic hydroxyl groups excluding tert-OH is 2. The van der Waals surface area contributed by atoms with Gasteiger partial charge >= 0.3 is 5.69 Å². The number of halogens is 1. The maximum absolute atomic E-state index is 11.9. The van der Waals surface area contributed by atoms with Gasteiger partial charge in [-0.2, -0.15) is 0 Å². The minimum absolute atomic E-state index is 0.104. The minimum atomic E-state index is -0.908. The summed E-state index contributed by atoms with van der Waals surface area (Å²) in [5.74, 6) is 0. The molecule has 0 aromatic carbocycles. The Bertz CT molecular complexity index is 697. The Morgan fingerprint density at radius 2 is 2.36 bits per heavy atom. The number of H-pyrrole nitrogens is 1. The van der Waals surface area contributed by atoms with Crippen LogP contribution in [0.5, 0.6) is 0 Å². The van der Waals surface area contributed by atoms with Crippen LogP contribution < -0.4 is 11.2 Å². The maximum Gasteiger partial charge on any atom is 0.330 e. The molecule has 1 aromatic rings. The van der Waals surface area contributed by atoms with E-state index >= 15 is 0 Å². The summed E-state index contributed by atoms with van der Waals surface area (Å²) >= 11 is 1.96. The first-order valence-electron chi connectivity index (χ1n) is 6.41. The predicted molar refractivity (Wildman–Crippen MR) is 83.7 cm³/mol. The zero-order chi connectivity index (χ0) is 16.3. The molecule has 10 nitrogen and oxygen atoms in total. The summed E-state index contributed by atoms with van der Waals surface area (Å²) < 4.78 is 6.88. The number of aromatic amines is 1. The van der Waals surface area contributed by atoms with Gasteiger partial charge in [-0.05, 0) is 5.53 Å². The first kappa shape index (κ1) is 17.0. The van der Waals surface area contributed by atoms with Crippen LogP contribution in [0.1, 0.15) is 24.3 Å². The highest BCUT2D eigenvalue weighted by molar-refractivity contribution is 14.1. The molecular formula is C11H14IN5O5. The molecule has 2 heterocycles. The van der Waals surface area contributed by atoms with E-state index in [0.717, 1.165) is 4.57 Å². The van der Waals surface area contributed by atoms with Crippen molar-refractivity contribution < 1.29 is 14.9 Å². The average Bonchev–Trinajstić information content (AvgIpc) is 2.86. The van der Waals surface area contributed by atoms with E-state index in [2.05, 4.69) is 15.0 Å². The van der Waals surface area contributed by atoms with Crippen LogP contribution in [0.4, 0.5) is 0 Å². The second-order valence-electron chi connectivity index (χ2n) is 4.74. The molecule has 3 N–H and O–H groups in total. The van der Waals surface area contributed by atoms with Gasteiger partial charge in [-0.3, -0.25) is 14.3 Å². The number of aromatic nitrogens is 2. The smallest absolute Gasteiger partial charge is 0.330 e. The molecule has 4 atom stereocenters. The number of rotatable bonds is 5. The van der Waals surface area contributed by atoms with E-state index in [1.54, 1.807) is 0 Å². The van der Waals surface area contributed by atoms with Crippen LogP contribution in [0.25, 0.3) is 10.4 Å². The lowest BCUT2D eigenvalue weighted by Gasteiger charge is -2.16. The third-order valence-corrected chi connectivity index (χ3v) is 4.22. The summed E-state index contributed by atoms with van der Waals surface area (Å²) in [6, 6.07) is -0.721. The largest absolute Gasteiger partial charge is 0.394 e. The lowest BCUT2D eigenvalue weighted by molar-refractivity contribution is -0.0460. The van der Waals surface area contributed by atoms with E-state index in [0.29, 0.717) is 4.43 Å². The standard InChI is InChI=1S/C11H14IN5O5/c12-2-6(15-16-13)5-3-17(11(21)14-10(5)20)9-1-7(19)8(4-18)22-9/h3,6-9,18-19H,1-2,4H2,(H,14,20,21). The molecular weight excluding hydrogens is 409 g/mol. The molecule has 2 rings (SSSR count). The zero-order valence-corrected chi connectivity index (χ0v) is 13.5. The number of azide groups is 1. The second-order valence-corrected chi connectivity index (χ2v) is 5.62. The fourth-order valence-electron chi connectivity index (χ4n) is 2.24. The molecule has 1 saturated heterocycles. The number of nitrogens with zero attached hydrogens (tertiary/aromatic N) is 4. The lowest BCUT2D eigenvalue weighted by atomic mass is 10.1. The third kappa shape index (κ3) is 3.33. The van der Waals surface area contributed by atoms with Gasteiger partial charge in [0.05, 0.1) is 18.8 Å². The van der Waals surface area contributed by atoms with Crippen LogP contribution in [-0.2, 0) is 4.74 Å². The quantitative estimate of drug-likeness (QED) is 0.200. The fourth-order valence-corrected chi connectivity index (χ4v) is 2.89. The highest BCUT2D eigenvalue weighted by atomic mass is 127. The summed E-state index contributed by atoms with van der Waals surface area (Å²) in [4.78, 5) is 28.6. The van der Waals surface area contributed by atoms with Gasteiger partial charge in [0.2, 0.25) is 0 Å². The van der Waals surface area contributed by atoms with Crippen molar-refractivity contribution in [2.24, 2.45) is 5.11 Å². The molecule has 0 saturated carbocycles. The Balaban J connectivity index is 2.43. The Morgan fingerprint density at radius 3 is 2.91 bits per heavy atom. The van der Waals surface area contributed by atoms with Gasteiger partial charge in [-0.25, -0.2) is 4.79 Å². The SMILES string of the molecule is [N-]=[N+]=NC(CI)c1cn(C2CC(O)C(CO)O2)c(=O)[nH]c1=O. The van der Waals surface area contributed by atoms with E-state index in [1.165, 1.54) is 6.20 Å². The number of alkyl halides is 1. The first-order chi connectivity index (χ1) is 10.5. The summed E-state index contributed by atoms with van der Waals surface area (Å²) in [5, 5.41) is 22.3. The fraction of sp³-hybridized carbons (Fsp3) is 0.636. The Kier molecular flexibility index (Phi) is 5.58.